The number of nitrogens with two attached hydrogens (primary N) is 1. The zero-order valence-corrected chi connectivity index (χ0v) is 15.2. The van der Waals surface area contributed by atoms with Gasteiger partial charge in [-0.1, -0.05) is 42.7 Å². The largest absolute Gasteiger partial charge is 0.330 e. The normalized spacial score (nSPS) is 6.92. The summed E-state index contributed by atoms with van der Waals surface area (Å²) >= 11 is 0. The number of hydrogen-bond donors (Lipinski definition) is 6. The van der Waals surface area contributed by atoms with E-state index in [1.165, 1.54) is 43.2 Å². The molecule has 7 N–H and O–H groups in total. The van der Waals surface area contributed by atoms with Crippen molar-refractivity contribution < 1.29 is 0 Å². The Labute approximate surface area is 148 Å². The van der Waals surface area contributed by atoms with Crippen molar-refractivity contribution in [3.63, 3.8) is 0 Å². The summed E-state index contributed by atoms with van der Waals surface area (Å²) in [6.07, 6.45) is 6.27. The van der Waals surface area contributed by atoms with Crippen LogP contribution in [0.5, 0.6) is 0 Å². The van der Waals surface area contributed by atoms with E-state index in [0.717, 1.165) is 6.54 Å². The second-order valence-corrected chi connectivity index (χ2v) is 3.94. The molecule has 0 atom stereocenters. The summed E-state index contributed by atoms with van der Waals surface area (Å²) in [4.78, 5) is 0. The van der Waals surface area contributed by atoms with E-state index in [4.69, 9.17) is 32.8 Å². The molecule has 0 bridgehead atoms. The first-order valence-corrected chi connectivity index (χ1v) is 7.35. The summed E-state index contributed by atoms with van der Waals surface area (Å²) in [5.41, 5.74) is 8.24. The average molecular weight is 337 g/mol. The average Bonchev–Trinajstić information content (AvgIpc) is 2.71. The Bertz CT molecular complexity index is 304. The summed E-state index contributed by atoms with van der Waals surface area (Å²) in [7, 11) is 0. The van der Waals surface area contributed by atoms with E-state index in [-0.39, 0.29) is 0 Å². The lowest BCUT2D eigenvalue weighted by Gasteiger charge is -2.01. The van der Waals surface area contributed by atoms with Gasteiger partial charge >= 0.3 is 0 Å². The second-order valence-electron chi connectivity index (χ2n) is 3.94. The van der Waals surface area contributed by atoms with Gasteiger partial charge < -0.3 is 32.8 Å². The molecule has 1 rings (SSSR count). The number of aryl methyl sites for hydroxylation is 2. The van der Waals surface area contributed by atoms with Gasteiger partial charge in [0, 0.05) is 0 Å². The van der Waals surface area contributed by atoms with Gasteiger partial charge in [0.2, 0.25) is 0 Å². The minimum atomic E-state index is 0.838. The van der Waals surface area contributed by atoms with Crippen molar-refractivity contribution in [1.82, 2.24) is 0 Å². The lowest BCUT2D eigenvalue weighted by Crippen LogP contribution is -1.97. The molecule has 0 saturated heterocycles. The molecule has 6 nitrogen and oxygen atoms in total. The zero-order valence-electron chi connectivity index (χ0n) is 15.2. The highest BCUT2D eigenvalue weighted by molar-refractivity contribution is 5.21. The fourth-order valence-electron chi connectivity index (χ4n) is 1.58. The van der Waals surface area contributed by atoms with Gasteiger partial charge in [-0.15, -0.1) is 0 Å². The monoisotopic (exact) mass is 336 g/mol. The van der Waals surface area contributed by atoms with Crippen LogP contribution in [-0.2, 0) is 6.42 Å². The first-order chi connectivity index (χ1) is 11.8. The molecule has 1 aromatic carbocycles. The van der Waals surface area contributed by atoms with Crippen LogP contribution >= 0.6 is 0 Å². The van der Waals surface area contributed by atoms with E-state index < -0.39 is 0 Å². The molecule has 0 saturated carbocycles. The Morgan fingerprint density at radius 1 is 0.667 bits per heavy atom. The Hall–Kier alpha value is -2.47. The summed E-state index contributed by atoms with van der Waals surface area (Å²) in [5.74, 6) is 0. The van der Waals surface area contributed by atoms with E-state index in [9.17, 15) is 0 Å². The maximum absolute atomic E-state index is 5.50. The summed E-state index contributed by atoms with van der Waals surface area (Å²) in [6, 6.07) is 8.85. The predicted octanol–water partition coefficient (Wildman–Crippen LogP) is 4.39. The van der Waals surface area contributed by atoms with E-state index in [0.29, 0.717) is 0 Å². The number of hydrogen-bond acceptors (Lipinski definition) is 6. The number of unbranched alkanes of at least 4 members (excludes halogenated alkanes) is 3. The van der Waals surface area contributed by atoms with Crippen molar-refractivity contribution >= 4 is 33.6 Å². The third kappa shape index (κ3) is 31.8. The van der Waals surface area contributed by atoms with Gasteiger partial charge in [-0.05, 0) is 71.9 Å². The number of rotatable bonds is 6. The van der Waals surface area contributed by atoms with E-state index in [2.05, 4.69) is 64.8 Å². The highest BCUT2D eigenvalue weighted by atomic mass is 14.5. The van der Waals surface area contributed by atoms with Crippen LogP contribution < -0.4 is 5.73 Å². The molecule has 0 spiro atoms. The molecule has 138 valence electrons. The molecule has 1 aromatic rings. The van der Waals surface area contributed by atoms with Crippen LogP contribution in [0.2, 0.25) is 0 Å². The smallest absolute Gasteiger partial charge is 0.00773 e. The van der Waals surface area contributed by atoms with Crippen LogP contribution in [0.4, 0.5) is 0 Å². The third-order valence-corrected chi connectivity index (χ3v) is 2.54. The van der Waals surface area contributed by atoms with Gasteiger partial charge in [-0.25, -0.2) is 0 Å². The molecule has 0 aliphatic heterocycles. The molecule has 0 aliphatic rings. The Morgan fingerprint density at radius 2 is 1.04 bits per heavy atom. The molecular formula is C18H36N6. The first-order valence-electron chi connectivity index (χ1n) is 7.35. The van der Waals surface area contributed by atoms with Crippen LogP contribution in [0.25, 0.3) is 0 Å². The molecule has 24 heavy (non-hydrogen) atoms. The van der Waals surface area contributed by atoms with Crippen LogP contribution in [0.15, 0.2) is 24.3 Å². The van der Waals surface area contributed by atoms with Crippen LogP contribution in [0.1, 0.15) is 36.8 Å². The third-order valence-electron chi connectivity index (χ3n) is 2.54. The van der Waals surface area contributed by atoms with Gasteiger partial charge in [0.25, 0.3) is 0 Å². The standard InChI is InChI=1S/C13H21N.5CH3N/c1-12-7-9-13(10-8-12)6-4-2-3-5-11-14;5*1-2/h7-10H,2-6,11,14H2,1H3;5*2H,1H2. The van der Waals surface area contributed by atoms with Crippen molar-refractivity contribution in [3.8, 4) is 0 Å². The van der Waals surface area contributed by atoms with Crippen molar-refractivity contribution in [3.05, 3.63) is 35.4 Å². The Kier molecular flexibility index (Phi) is 59.2. The van der Waals surface area contributed by atoms with Crippen molar-refractivity contribution in [1.29, 1.82) is 27.0 Å². The molecular weight excluding hydrogens is 300 g/mol. The molecule has 0 amide bonds. The molecule has 0 unspecified atom stereocenters. The van der Waals surface area contributed by atoms with Gasteiger partial charge in [-0.2, -0.15) is 0 Å². The van der Waals surface area contributed by atoms with E-state index in [1.54, 1.807) is 0 Å². The maximum Gasteiger partial charge on any atom is -0.00773 e. The van der Waals surface area contributed by atoms with Gasteiger partial charge in [0.05, 0.1) is 0 Å². The van der Waals surface area contributed by atoms with E-state index in [1.807, 2.05) is 0 Å². The molecule has 6 heteroatoms. The predicted molar refractivity (Wildman–Crippen MR) is 112 cm³/mol. The lowest BCUT2D eigenvalue weighted by atomic mass is 10.1. The minimum Gasteiger partial charge on any atom is -0.330 e. The van der Waals surface area contributed by atoms with Crippen molar-refractivity contribution in [2.24, 2.45) is 5.73 Å². The minimum absolute atomic E-state index is 0.838. The number of nitrogens with one attached hydrogen (secondary N) is 5. The summed E-state index contributed by atoms with van der Waals surface area (Å²) in [5, 5.41) is 27.5. The fraction of sp³-hybridized carbons (Fsp3) is 0.389. The fourth-order valence-corrected chi connectivity index (χ4v) is 1.58. The first kappa shape index (κ1) is 33.2. The highest BCUT2D eigenvalue weighted by Gasteiger charge is 1.93. The topological polar surface area (TPSA) is 145 Å². The molecule has 0 aromatic heterocycles. The van der Waals surface area contributed by atoms with Crippen LogP contribution in [0.3, 0.4) is 0 Å². The Morgan fingerprint density at radius 3 is 1.42 bits per heavy atom. The number of benzene rings is 1. The lowest BCUT2D eigenvalue weighted by molar-refractivity contribution is 0.646. The summed E-state index contributed by atoms with van der Waals surface area (Å²) in [6.45, 7) is 15.5. The summed E-state index contributed by atoms with van der Waals surface area (Å²) < 4.78 is 0. The van der Waals surface area contributed by atoms with Crippen LogP contribution in [-0.4, -0.2) is 40.1 Å². The maximum atomic E-state index is 5.50. The van der Waals surface area contributed by atoms with Crippen molar-refractivity contribution in [2.45, 2.75) is 39.0 Å². The van der Waals surface area contributed by atoms with Gasteiger partial charge in [0.15, 0.2) is 0 Å². The second kappa shape index (κ2) is 42.8. The van der Waals surface area contributed by atoms with E-state index >= 15 is 0 Å². The highest BCUT2D eigenvalue weighted by Crippen LogP contribution is 2.08. The van der Waals surface area contributed by atoms with Gasteiger partial charge in [-0.3, -0.25) is 0 Å². The molecule has 0 aliphatic carbocycles. The Balaban J connectivity index is -0.000000103. The molecule has 0 heterocycles. The molecule has 0 fully saturated rings. The molecule has 0 radical (unpaired) electrons. The SMILES string of the molecule is C=N.C=N.C=N.C=N.C=N.Cc1ccc(CCCCCCN)cc1. The van der Waals surface area contributed by atoms with Gasteiger partial charge in [0.1, 0.15) is 0 Å². The quantitative estimate of drug-likeness (QED) is 0.332. The van der Waals surface area contributed by atoms with Crippen molar-refractivity contribution in [2.75, 3.05) is 6.54 Å². The van der Waals surface area contributed by atoms with Crippen LogP contribution in [0, 0.1) is 34.0 Å². The zero-order chi connectivity index (χ0) is 20.2.